The quantitative estimate of drug-likeness (QED) is 0.824. The highest BCUT2D eigenvalue weighted by Gasteiger charge is 2.09. The van der Waals surface area contributed by atoms with Gasteiger partial charge in [0, 0.05) is 50.7 Å². The van der Waals surface area contributed by atoms with E-state index in [0.717, 1.165) is 5.56 Å². The number of carbonyl (C=O) groups is 1. The largest absolute Gasteiger partial charge is 0.341 e. The van der Waals surface area contributed by atoms with Crippen LogP contribution in [-0.4, -0.2) is 37.8 Å². The second-order valence-electron chi connectivity index (χ2n) is 3.88. The standard InChI is InChI=1S/C11H15N5O/c1-15(9-10-7-12-13-8-10)11(17)3-6-16-5-2-4-14-16/h2,4-5,7-8H,3,6,9H2,1H3,(H,12,13). The summed E-state index contributed by atoms with van der Waals surface area (Å²) in [7, 11) is 1.79. The van der Waals surface area contributed by atoms with Gasteiger partial charge in [0.2, 0.25) is 5.91 Å². The summed E-state index contributed by atoms with van der Waals surface area (Å²) in [5.41, 5.74) is 1.000. The zero-order valence-electron chi connectivity index (χ0n) is 9.71. The van der Waals surface area contributed by atoms with Gasteiger partial charge in [0.05, 0.1) is 6.20 Å². The third-order valence-electron chi connectivity index (χ3n) is 2.51. The van der Waals surface area contributed by atoms with Gasteiger partial charge in [-0.25, -0.2) is 0 Å². The molecule has 0 fully saturated rings. The summed E-state index contributed by atoms with van der Waals surface area (Å²) in [5, 5.41) is 10.6. The molecule has 0 unspecified atom stereocenters. The third kappa shape index (κ3) is 3.17. The van der Waals surface area contributed by atoms with E-state index in [4.69, 9.17) is 0 Å². The lowest BCUT2D eigenvalue weighted by Gasteiger charge is -2.16. The molecule has 2 aromatic heterocycles. The smallest absolute Gasteiger partial charge is 0.224 e. The number of hydrogen-bond acceptors (Lipinski definition) is 3. The molecule has 0 spiro atoms. The summed E-state index contributed by atoms with van der Waals surface area (Å²) in [6, 6.07) is 1.85. The zero-order chi connectivity index (χ0) is 12.1. The number of aromatic nitrogens is 4. The van der Waals surface area contributed by atoms with E-state index in [1.165, 1.54) is 0 Å². The van der Waals surface area contributed by atoms with Crippen LogP contribution in [0, 0.1) is 0 Å². The maximum absolute atomic E-state index is 11.8. The summed E-state index contributed by atoms with van der Waals surface area (Å²) in [5.74, 6) is 0.0988. The van der Waals surface area contributed by atoms with Crippen LogP contribution >= 0.6 is 0 Å². The van der Waals surface area contributed by atoms with Crippen molar-refractivity contribution in [3.05, 3.63) is 36.4 Å². The molecule has 0 saturated carbocycles. The van der Waals surface area contributed by atoms with E-state index in [1.54, 1.807) is 35.2 Å². The van der Waals surface area contributed by atoms with Gasteiger partial charge in [0.25, 0.3) is 0 Å². The highest BCUT2D eigenvalue weighted by atomic mass is 16.2. The number of aryl methyl sites for hydroxylation is 1. The molecule has 17 heavy (non-hydrogen) atoms. The Morgan fingerprint density at radius 2 is 2.47 bits per heavy atom. The Bertz CT molecular complexity index is 448. The minimum Gasteiger partial charge on any atom is -0.341 e. The minimum absolute atomic E-state index is 0.0988. The first-order valence-electron chi connectivity index (χ1n) is 5.45. The number of nitrogens with one attached hydrogen (secondary N) is 1. The van der Waals surface area contributed by atoms with Crippen molar-refractivity contribution in [3.8, 4) is 0 Å². The van der Waals surface area contributed by atoms with Gasteiger partial charge in [-0.15, -0.1) is 0 Å². The summed E-state index contributed by atoms with van der Waals surface area (Å²) in [4.78, 5) is 13.5. The van der Waals surface area contributed by atoms with Gasteiger partial charge < -0.3 is 4.90 Å². The molecule has 0 aliphatic carbocycles. The third-order valence-corrected chi connectivity index (χ3v) is 2.51. The fourth-order valence-electron chi connectivity index (χ4n) is 1.56. The maximum Gasteiger partial charge on any atom is 0.224 e. The number of rotatable bonds is 5. The van der Waals surface area contributed by atoms with Crippen LogP contribution in [0.4, 0.5) is 0 Å². The molecule has 0 atom stereocenters. The molecule has 1 N–H and O–H groups in total. The SMILES string of the molecule is CN(Cc1cn[nH]c1)C(=O)CCn1cccn1. The van der Waals surface area contributed by atoms with Crippen molar-refractivity contribution in [2.24, 2.45) is 0 Å². The van der Waals surface area contributed by atoms with Gasteiger partial charge in [-0.2, -0.15) is 10.2 Å². The van der Waals surface area contributed by atoms with E-state index < -0.39 is 0 Å². The summed E-state index contributed by atoms with van der Waals surface area (Å²) in [6.07, 6.45) is 7.52. The van der Waals surface area contributed by atoms with Crippen molar-refractivity contribution in [2.75, 3.05) is 7.05 Å². The second-order valence-corrected chi connectivity index (χ2v) is 3.88. The number of aromatic amines is 1. The van der Waals surface area contributed by atoms with Crippen LogP contribution in [-0.2, 0) is 17.9 Å². The predicted molar refractivity (Wildman–Crippen MR) is 61.9 cm³/mol. The average Bonchev–Trinajstić information content (AvgIpc) is 2.98. The molecular formula is C11H15N5O. The van der Waals surface area contributed by atoms with Crippen LogP contribution in [0.1, 0.15) is 12.0 Å². The van der Waals surface area contributed by atoms with Crippen molar-refractivity contribution in [3.63, 3.8) is 0 Å². The van der Waals surface area contributed by atoms with Gasteiger partial charge in [0.1, 0.15) is 0 Å². The van der Waals surface area contributed by atoms with E-state index >= 15 is 0 Å². The minimum atomic E-state index is 0.0988. The number of hydrogen-bond donors (Lipinski definition) is 1. The first-order chi connectivity index (χ1) is 8.25. The Kier molecular flexibility index (Phi) is 3.54. The average molecular weight is 233 g/mol. The lowest BCUT2D eigenvalue weighted by atomic mass is 10.3. The lowest BCUT2D eigenvalue weighted by Crippen LogP contribution is -2.26. The number of amides is 1. The highest BCUT2D eigenvalue weighted by molar-refractivity contribution is 5.75. The summed E-state index contributed by atoms with van der Waals surface area (Å²) >= 11 is 0. The Balaban J connectivity index is 1.79. The number of H-pyrrole nitrogens is 1. The van der Waals surface area contributed by atoms with Crippen molar-refractivity contribution >= 4 is 5.91 Å². The van der Waals surface area contributed by atoms with Crippen molar-refractivity contribution in [1.82, 2.24) is 24.9 Å². The Labute approximate surface area is 99.2 Å². The number of carbonyl (C=O) groups excluding carboxylic acids is 1. The molecule has 2 aromatic rings. The molecule has 90 valence electrons. The van der Waals surface area contributed by atoms with E-state index in [1.807, 2.05) is 12.3 Å². The predicted octanol–water partition coefficient (Wildman–Crippen LogP) is 0.655. The van der Waals surface area contributed by atoms with Crippen LogP contribution in [0.25, 0.3) is 0 Å². The monoisotopic (exact) mass is 233 g/mol. The summed E-state index contributed by atoms with van der Waals surface area (Å²) < 4.78 is 1.75. The van der Waals surface area contributed by atoms with Gasteiger partial charge in [-0.1, -0.05) is 0 Å². The van der Waals surface area contributed by atoms with Gasteiger partial charge in [-0.3, -0.25) is 14.6 Å². The Morgan fingerprint density at radius 3 is 3.12 bits per heavy atom. The van der Waals surface area contributed by atoms with E-state index in [-0.39, 0.29) is 5.91 Å². The molecule has 6 nitrogen and oxygen atoms in total. The van der Waals surface area contributed by atoms with Crippen molar-refractivity contribution in [2.45, 2.75) is 19.5 Å². The van der Waals surface area contributed by atoms with Gasteiger partial charge in [0.15, 0.2) is 0 Å². The highest BCUT2D eigenvalue weighted by Crippen LogP contribution is 2.02. The molecule has 2 heterocycles. The zero-order valence-corrected chi connectivity index (χ0v) is 9.71. The van der Waals surface area contributed by atoms with Crippen molar-refractivity contribution in [1.29, 1.82) is 0 Å². The van der Waals surface area contributed by atoms with Crippen LogP contribution < -0.4 is 0 Å². The van der Waals surface area contributed by atoms with Gasteiger partial charge in [-0.05, 0) is 6.07 Å². The molecule has 0 radical (unpaired) electrons. The van der Waals surface area contributed by atoms with Gasteiger partial charge >= 0.3 is 0 Å². The molecular weight excluding hydrogens is 218 g/mol. The van der Waals surface area contributed by atoms with Crippen LogP contribution in [0.2, 0.25) is 0 Å². The fourth-order valence-corrected chi connectivity index (χ4v) is 1.56. The topological polar surface area (TPSA) is 66.8 Å². The Hall–Kier alpha value is -2.11. The molecule has 0 bridgehead atoms. The second kappa shape index (κ2) is 5.29. The Morgan fingerprint density at radius 1 is 1.59 bits per heavy atom. The molecule has 6 heteroatoms. The molecule has 1 amide bonds. The first kappa shape index (κ1) is 11.4. The number of nitrogens with zero attached hydrogens (tertiary/aromatic N) is 4. The van der Waals surface area contributed by atoms with E-state index in [0.29, 0.717) is 19.5 Å². The van der Waals surface area contributed by atoms with Crippen LogP contribution in [0.3, 0.4) is 0 Å². The van der Waals surface area contributed by atoms with E-state index in [9.17, 15) is 4.79 Å². The van der Waals surface area contributed by atoms with Crippen molar-refractivity contribution < 1.29 is 4.79 Å². The maximum atomic E-state index is 11.8. The molecule has 0 aliphatic rings. The lowest BCUT2D eigenvalue weighted by molar-refractivity contribution is -0.130. The van der Waals surface area contributed by atoms with Crippen LogP contribution in [0.5, 0.6) is 0 Å². The fraction of sp³-hybridized carbons (Fsp3) is 0.364. The molecule has 0 saturated heterocycles. The van der Waals surface area contributed by atoms with E-state index in [2.05, 4.69) is 15.3 Å². The molecule has 0 aromatic carbocycles. The summed E-state index contributed by atoms with van der Waals surface area (Å²) in [6.45, 7) is 1.19. The first-order valence-corrected chi connectivity index (χ1v) is 5.45. The normalized spacial score (nSPS) is 10.4. The molecule has 2 rings (SSSR count). The molecule has 0 aliphatic heterocycles. The van der Waals surface area contributed by atoms with Crippen LogP contribution in [0.15, 0.2) is 30.9 Å².